The Morgan fingerprint density at radius 1 is 1.00 bits per heavy atom. The van der Waals surface area contributed by atoms with Gasteiger partial charge in [0.15, 0.2) is 6.29 Å². The van der Waals surface area contributed by atoms with Crippen LogP contribution in [0.15, 0.2) is 48.7 Å². The molecule has 0 aliphatic rings. The Morgan fingerprint density at radius 2 is 1.88 bits per heavy atom. The van der Waals surface area contributed by atoms with Crippen LogP contribution >= 0.6 is 0 Å². The van der Waals surface area contributed by atoms with Gasteiger partial charge in [0.2, 0.25) is 0 Å². The van der Waals surface area contributed by atoms with E-state index in [1.54, 1.807) is 0 Å². The maximum atomic E-state index is 11.0. The second-order valence-corrected chi connectivity index (χ2v) is 3.70. The summed E-state index contributed by atoms with van der Waals surface area (Å²) in [5.41, 5.74) is 1.56. The third-order valence-electron chi connectivity index (χ3n) is 2.77. The van der Waals surface area contributed by atoms with E-state index in [2.05, 4.69) is 4.98 Å². The van der Waals surface area contributed by atoms with Gasteiger partial charge in [-0.1, -0.05) is 36.4 Å². The van der Waals surface area contributed by atoms with E-state index in [0.717, 1.165) is 28.0 Å². The summed E-state index contributed by atoms with van der Waals surface area (Å²) in [6, 6.07) is 13.6. The minimum absolute atomic E-state index is 0.696. The highest BCUT2D eigenvalue weighted by atomic mass is 16.1. The Balaban J connectivity index is 2.62. The fourth-order valence-electron chi connectivity index (χ4n) is 2.03. The summed E-state index contributed by atoms with van der Waals surface area (Å²) in [7, 11) is 0. The van der Waals surface area contributed by atoms with E-state index in [1.165, 1.54) is 0 Å². The molecule has 0 spiro atoms. The summed E-state index contributed by atoms with van der Waals surface area (Å²) in [6.07, 6.45) is 2.72. The SMILES string of the molecule is O=Cc1cccc2ncc3ccccc3c12. The van der Waals surface area contributed by atoms with Crippen LogP contribution in [0.25, 0.3) is 21.7 Å². The zero-order chi connectivity index (χ0) is 11.0. The maximum absolute atomic E-state index is 11.0. The molecule has 0 N–H and O–H groups in total. The maximum Gasteiger partial charge on any atom is 0.150 e. The molecule has 0 bridgehead atoms. The van der Waals surface area contributed by atoms with Gasteiger partial charge >= 0.3 is 0 Å². The first-order valence-electron chi connectivity index (χ1n) is 5.12. The number of carbonyl (C=O) groups is 1. The number of carbonyl (C=O) groups excluding carboxylic acids is 1. The van der Waals surface area contributed by atoms with E-state index in [0.29, 0.717) is 5.56 Å². The average Bonchev–Trinajstić information content (AvgIpc) is 2.37. The summed E-state index contributed by atoms with van der Waals surface area (Å²) in [5, 5.41) is 3.08. The van der Waals surface area contributed by atoms with Crippen molar-refractivity contribution >= 4 is 28.0 Å². The summed E-state index contributed by atoms with van der Waals surface area (Å²) in [6.45, 7) is 0. The smallest absolute Gasteiger partial charge is 0.150 e. The molecular weight excluding hydrogens is 198 g/mol. The van der Waals surface area contributed by atoms with Gasteiger partial charge in [0.25, 0.3) is 0 Å². The van der Waals surface area contributed by atoms with Crippen LogP contribution in [0.2, 0.25) is 0 Å². The van der Waals surface area contributed by atoms with Crippen molar-refractivity contribution < 1.29 is 4.79 Å². The predicted octanol–water partition coefficient (Wildman–Crippen LogP) is 3.20. The molecule has 0 atom stereocenters. The lowest BCUT2D eigenvalue weighted by Gasteiger charge is -2.04. The number of hydrogen-bond donors (Lipinski definition) is 0. The Bertz CT molecular complexity index is 688. The highest BCUT2D eigenvalue weighted by Gasteiger charge is 2.04. The molecule has 3 aromatic rings. The van der Waals surface area contributed by atoms with E-state index in [-0.39, 0.29) is 0 Å². The average molecular weight is 207 g/mol. The standard InChI is InChI=1S/C14H9NO/c16-9-11-5-3-7-13-14(11)12-6-2-1-4-10(12)8-15-13/h1-9H. The minimum atomic E-state index is 0.696. The summed E-state index contributed by atoms with van der Waals surface area (Å²) >= 11 is 0. The van der Waals surface area contributed by atoms with E-state index in [9.17, 15) is 4.79 Å². The van der Waals surface area contributed by atoms with Gasteiger partial charge in [-0.05, 0) is 11.5 Å². The van der Waals surface area contributed by atoms with Crippen LogP contribution in [-0.4, -0.2) is 11.3 Å². The van der Waals surface area contributed by atoms with Gasteiger partial charge in [0.05, 0.1) is 5.52 Å². The number of rotatable bonds is 1. The predicted molar refractivity (Wildman–Crippen MR) is 64.6 cm³/mol. The quantitative estimate of drug-likeness (QED) is 0.453. The van der Waals surface area contributed by atoms with Crippen LogP contribution in [0.3, 0.4) is 0 Å². The number of hydrogen-bond acceptors (Lipinski definition) is 2. The number of fused-ring (bicyclic) bond motifs is 3. The second-order valence-electron chi connectivity index (χ2n) is 3.70. The van der Waals surface area contributed by atoms with Crippen molar-refractivity contribution in [2.45, 2.75) is 0 Å². The molecule has 2 nitrogen and oxygen atoms in total. The van der Waals surface area contributed by atoms with Crippen molar-refractivity contribution in [2.75, 3.05) is 0 Å². The van der Waals surface area contributed by atoms with Gasteiger partial charge in [-0.2, -0.15) is 0 Å². The van der Waals surface area contributed by atoms with Crippen molar-refractivity contribution in [3.63, 3.8) is 0 Å². The normalized spacial score (nSPS) is 10.8. The second kappa shape index (κ2) is 3.42. The van der Waals surface area contributed by atoms with E-state index in [4.69, 9.17) is 0 Å². The molecule has 0 saturated heterocycles. The molecule has 2 heteroatoms. The van der Waals surface area contributed by atoms with Crippen molar-refractivity contribution in [1.82, 2.24) is 4.98 Å². The topological polar surface area (TPSA) is 30.0 Å². The first-order chi connectivity index (χ1) is 7.90. The fraction of sp³-hybridized carbons (Fsp3) is 0. The van der Waals surface area contributed by atoms with E-state index in [1.807, 2.05) is 48.7 Å². The first-order valence-corrected chi connectivity index (χ1v) is 5.12. The summed E-state index contributed by atoms with van der Waals surface area (Å²) in [4.78, 5) is 15.4. The third kappa shape index (κ3) is 1.20. The van der Waals surface area contributed by atoms with Gasteiger partial charge in [-0.3, -0.25) is 9.78 Å². The molecule has 0 unspecified atom stereocenters. The number of aromatic nitrogens is 1. The van der Waals surface area contributed by atoms with Crippen molar-refractivity contribution in [3.8, 4) is 0 Å². The monoisotopic (exact) mass is 207 g/mol. The minimum Gasteiger partial charge on any atom is -0.298 e. The fourth-order valence-corrected chi connectivity index (χ4v) is 2.03. The van der Waals surface area contributed by atoms with Gasteiger partial charge in [0, 0.05) is 22.5 Å². The van der Waals surface area contributed by atoms with Gasteiger partial charge in [-0.25, -0.2) is 0 Å². The summed E-state index contributed by atoms with van der Waals surface area (Å²) < 4.78 is 0. The van der Waals surface area contributed by atoms with Crippen molar-refractivity contribution in [3.05, 3.63) is 54.2 Å². The number of nitrogens with zero attached hydrogens (tertiary/aromatic N) is 1. The summed E-state index contributed by atoms with van der Waals surface area (Å²) in [5.74, 6) is 0. The molecule has 0 aliphatic heterocycles. The van der Waals surface area contributed by atoms with E-state index < -0.39 is 0 Å². The molecule has 1 aromatic heterocycles. The Hall–Kier alpha value is -2.22. The Kier molecular flexibility index (Phi) is 1.93. The van der Waals surface area contributed by atoms with Crippen LogP contribution in [0.4, 0.5) is 0 Å². The first kappa shape index (κ1) is 9.04. The molecule has 16 heavy (non-hydrogen) atoms. The van der Waals surface area contributed by atoms with E-state index >= 15 is 0 Å². The van der Waals surface area contributed by atoms with Gasteiger partial charge in [-0.15, -0.1) is 0 Å². The molecule has 2 aromatic carbocycles. The molecule has 0 amide bonds. The Morgan fingerprint density at radius 3 is 2.75 bits per heavy atom. The number of aldehydes is 1. The van der Waals surface area contributed by atoms with Crippen LogP contribution in [-0.2, 0) is 0 Å². The third-order valence-corrected chi connectivity index (χ3v) is 2.77. The Labute approximate surface area is 92.5 Å². The number of benzene rings is 2. The van der Waals surface area contributed by atoms with Crippen molar-refractivity contribution in [1.29, 1.82) is 0 Å². The van der Waals surface area contributed by atoms with Crippen LogP contribution < -0.4 is 0 Å². The van der Waals surface area contributed by atoms with Gasteiger partial charge < -0.3 is 0 Å². The largest absolute Gasteiger partial charge is 0.298 e. The highest BCUT2D eigenvalue weighted by molar-refractivity contribution is 6.12. The lowest BCUT2D eigenvalue weighted by Crippen LogP contribution is -1.87. The van der Waals surface area contributed by atoms with Gasteiger partial charge in [0.1, 0.15) is 0 Å². The molecule has 0 fully saturated rings. The molecule has 0 saturated carbocycles. The zero-order valence-electron chi connectivity index (χ0n) is 8.55. The van der Waals surface area contributed by atoms with Crippen molar-refractivity contribution in [2.24, 2.45) is 0 Å². The van der Waals surface area contributed by atoms with Crippen LogP contribution in [0, 0.1) is 0 Å². The lowest BCUT2D eigenvalue weighted by atomic mass is 10.0. The molecule has 1 heterocycles. The van der Waals surface area contributed by atoms with Crippen LogP contribution in [0.5, 0.6) is 0 Å². The number of pyridine rings is 1. The lowest BCUT2D eigenvalue weighted by molar-refractivity contribution is 0.112. The molecule has 76 valence electrons. The highest BCUT2D eigenvalue weighted by Crippen LogP contribution is 2.25. The zero-order valence-corrected chi connectivity index (χ0v) is 8.55. The molecule has 0 aliphatic carbocycles. The molecule has 0 radical (unpaired) electrons. The molecular formula is C14H9NO. The molecule has 3 rings (SSSR count). The van der Waals surface area contributed by atoms with Crippen LogP contribution in [0.1, 0.15) is 10.4 Å².